The number of amides is 1. The predicted molar refractivity (Wildman–Crippen MR) is 109 cm³/mol. The highest BCUT2D eigenvalue weighted by Crippen LogP contribution is 2.34. The normalized spacial score (nSPS) is 15.9. The van der Waals surface area contributed by atoms with E-state index < -0.39 is 0 Å². The number of methoxy groups -OCH3 is 3. The summed E-state index contributed by atoms with van der Waals surface area (Å²) in [4.78, 5) is 15.4. The van der Waals surface area contributed by atoms with Crippen molar-refractivity contribution in [3.8, 4) is 17.2 Å². The Kier molecular flexibility index (Phi) is 8.86. The molecule has 1 amide bonds. The number of hydrogen-bond acceptors (Lipinski definition) is 6. The fourth-order valence-electron chi connectivity index (χ4n) is 3.84. The first-order valence-corrected chi connectivity index (χ1v) is 9.99. The van der Waals surface area contributed by atoms with Gasteiger partial charge in [-0.2, -0.15) is 0 Å². The average molecular weight is 395 g/mol. The first kappa shape index (κ1) is 22.3. The maximum absolute atomic E-state index is 12.9. The van der Waals surface area contributed by atoms with E-state index in [1.165, 1.54) is 0 Å². The molecule has 1 atom stereocenters. The second-order valence-electron chi connectivity index (χ2n) is 6.91. The lowest BCUT2D eigenvalue weighted by Gasteiger charge is -2.38. The van der Waals surface area contributed by atoms with E-state index in [2.05, 4.69) is 24.1 Å². The standard InChI is InChI=1S/C21H34N2O5/c1-6-15(7-2)17(23-8-10-28-11-9-23)14-22-21(24)16-12-19(26-4)20(27-5)13-18(16)25-3/h12-13,15,17H,6-11,14H2,1-5H3,(H,22,24). The van der Waals surface area contributed by atoms with Gasteiger partial charge in [0.1, 0.15) is 5.75 Å². The van der Waals surface area contributed by atoms with Crippen LogP contribution < -0.4 is 19.5 Å². The SMILES string of the molecule is CCC(CC)C(CNC(=O)c1cc(OC)c(OC)cc1OC)N1CCOCC1. The van der Waals surface area contributed by atoms with Gasteiger partial charge in [0, 0.05) is 37.8 Å². The molecule has 1 aromatic carbocycles. The van der Waals surface area contributed by atoms with Crippen LogP contribution >= 0.6 is 0 Å². The highest BCUT2D eigenvalue weighted by atomic mass is 16.5. The van der Waals surface area contributed by atoms with Crippen molar-refractivity contribution in [2.45, 2.75) is 32.7 Å². The van der Waals surface area contributed by atoms with Crippen molar-refractivity contribution in [2.75, 3.05) is 54.2 Å². The molecule has 0 saturated carbocycles. The number of nitrogens with one attached hydrogen (secondary N) is 1. The van der Waals surface area contributed by atoms with Gasteiger partial charge in [0.15, 0.2) is 11.5 Å². The van der Waals surface area contributed by atoms with Crippen LogP contribution in [0.15, 0.2) is 12.1 Å². The number of carbonyl (C=O) groups is 1. The largest absolute Gasteiger partial charge is 0.496 e. The number of benzene rings is 1. The minimum Gasteiger partial charge on any atom is -0.496 e. The van der Waals surface area contributed by atoms with Crippen LogP contribution in [0.2, 0.25) is 0 Å². The zero-order valence-corrected chi connectivity index (χ0v) is 17.7. The lowest BCUT2D eigenvalue weighted by atomic mass is 9.92. The molecule has 1 saturated heterocycles. The first-order chi connectivity index (χ1) is 13.6. The lowest BCUT2D eigenvalue weighted by Crippen LogP contribution is -2.52. The third-order valence-electron chi connectivity index (χ3n) is 5.53. The van der Waals surface area contributed by atoms with Crippen molar-refractivity contribution in [3.05, 3.63) is 17.7 Å². The molecule has 0 radical (unpaired) electrons. The zero-order valence-electron chi connectivity index (χ0n) is 17.7. The Morgan fingerprint density at radius 2 is 1.61 bits per heavy atom. The average Bonchev–Trinajstić information content (AvgIpc) is 2.75. The van der Waals surface area contributed by atoms with Crippen LogP contribution in [0.3, 0.4) is 0 Å². The van der Waals surface area contributed by atoms with Crippen LogP contribution in [0.5, 0.6) is 17.2 Å². The lowest BCUT2D eigenvalue weighted by molar-refractivity contribution is 0.00190. The molecule has 0 aromatic heterocycles. The number of rotatable bonds is 10. The van der Waals surface area contributed by atoms with E-state index >= 15 is 0 Å². The molecule has 158 valence electrons. The molecule has 7 nitrogen and oxygen atoms in total. The summed E-state index contributed by atoms with van der Waals surface area (Å²) < 4.78 is 21.5. The van der Waals surface area contributed by atoms with Crippen LogP contribution in [0.25, 0.3) is 0 Å². The van der Waals surface area contributed by atoms with Crippen LogP contribution in [0, 0.1) is 5.92 Å². The van der Waals surface area contributed by atoms with E-state index in [1.54, 1.807) is 33.5 Å². The first-order valence-electron chi connectivity index (χ1n) is 9.99. The van der Waals surface area contributed by atoms with E-state index in [0.717, 1.165) is 39.1 Å². The molecular formula is C21H34N2O5. The summed E-state index contributed by atoms with van der Waals surface area (Å²) in [6, 6.07) is 3.62. The topological polar surface area (TPSA) is 69.3 Å². The van der Waals surface area contributed by atoms with Crippen LogP contribution in [0.1, 0.15) is 37.0 Å². The molecule has 2 rings (SSSR count). The molecule has 1 fully saturated rings. The van der Waals surface area contributed by atoms with Crippen molar-refractivity contribution in [3.63, 3.8) is 0 Å². The molecule has 1 aliphatic rings. The molecule has 0 spiro atoms. The van der Waals surface area contributed by atoms with Crippen molar-refractivity contribution in [1.29, 1.82) is 0 Å². The molecule has 0 bridgehead atoms. The van der Waals surface area contributed by atoms with Gasteiger partial charge in [0.05, 0.1) is 40.1 Å². The van der Waals surface area contributed by atoms with E-state index in [1.807, 2.05) is 0 Å². The van der Waals surface area contributed by atoms with Crippen molar-refractivity contribution >= 4 is 5.91 Å². The van der Waals surface area contributed by atoms with Gasteiger partial charge in [-0.1, -0.05) is 26.7 Å². The minimum atomic E-state index is -0.179. The Morgan fingerprint density at radius 3 is 2.14 bits per heavy atom. The molecule has 28 heavy (non-hydrogen) atoms. The zero-order chi connectivity index (χ0) is 20.5. The van der Waals surface area contributed by atoms with Crippen LogP contribution in [-0.2, 0) is 4.74 Å². The van der Waals surface area contributed by atoms with E-state index in [4.69, 9.17) is 18.9 Å². The minimum absolute atomic E-state index is 0.179. The molecule has 7 heteroatoms. The third-order valence-corrected chi connectivity index (χ3v) is 5.53. The third kappa shape index (κ3) is 5.29. The molecule has 1 N–H and O–H groups in total. The molecule has 1 unspecified atom stereocenters. The highest BCUT2D eigenvalue weighted by molar-refractivity contribution is 5.97. The van der Waals surface area contributed by atoms with Gasteiger partial charge < -0.3 is 24.3 Å². The molecule has 0 aliphatic carbocycles. The molecule has 1 aliphatic heterocycles. The summed E-state index contributed by atoms with van der Waals surface area (Å²) in [5, 5.41) is 3.11. The van der Waals surface area contributed by atoms with E-state index in [-0.39, 0.29) is 11.9 Å². The summed E-state index contributed by atoms with van der Waals surface area (Å²) >= 11 is 0. The Morgan fingerprint density at radius 1 is 1.04 bits per heavy atom. The Hall–Kier alpha value is -1.99. The smallest absolute Gasteiger partial charge is 0.255 e. The number of morpholine rings is 1. The summed E-state index contributed by atoms with van der Waals surface area (Å²) in [6.45, 7) is 8.29. The van der Waals surface area contributed by atoms with E-state index in [0.29, 0.717) is 35.3 Å². The van der Waals surface area contributed by atoms with Gasteiger partial charge in [-0.25, -0.2) is 0 Å². The molecule has 1 heterocycles. The second-order valence-corrected chi connectivity index (χ2v) is 6.91. The predicted octanol–water partition coefficient (Wildman–Crippen LogP) is 2.58. The maximum atomic E-state index is 12.9. The molecular weight excluding hydrogens is 360 g/mol. The van der Waals surface area contributed by atoms with Crippen molar-refractivity contribution < 1.29 is 23.7 Å². The maximum Gasteiger partial charge on any atom is 0.255 e. The number of nitrogens with zero attached hydrogens (tertiary/aromatic N) is 1. The molecule has 1 aromatic rings. The fourth-order valence-corrected chi connectivity index (χ4v) is 3.84. The van der Waals surface area contributed by atoms with Gasteiger partial charge in [-0.05, 0) is 5.92 Å². The van der Waals surface area contributed by atoms with E-state index in [9.17, 15) is 4.79 Å². The number of ether oxygens (including phenoxy) is 4. The van der Waals surface area contributed by atoms with Crippen molar-refractivity contribution in [1.82, 2.24) is 10.2 Å². The number of carbonyl (C=O) groups excluding carboxylic acids is 1. The highest BCUT2D eigenvalue weighted by Gasteiger charge is 2.28. The fraction of sp³-hybridized carbons (Fsp3) is 0.667. The monoisotopic (exact) mass is 394 g/mol. The Balaban J connectivity index is 2.17. The van der Waals surface area contributed by atoms with Gasteiger partial charge >= 0.3 is 0 Å². The quantitative estimate of drug-likeness (QED) is 0.658. The number of hydrogen-bond donors (Lipinski definition) is 1. The van der Waals surface area contributed by atoms with Gasteiger partial charge in [0.25, 0.3) is 5.91 Å². The van der Waals surface area contributed by atoms with Crippen LogP contribution in [0.4, 0.5) is 0 Å². The van der Waals surface area contributed by atoms with Crippen molar-refractivity contribution in [2.24, 2.45) is 5.92 Å². The second kappa shape index (κ2) is 11.1. The summed E-state index contributed by atoms with van der Waals surface area (Å²) in [7, 11) is 4.64. The summed E-state index contributed by atoms with van der Waals surface area (Å²) in [5.74, 6) is 1.82. The van der Waals surface area contributed by atoms with Crippen LogP contribution in [-0.4, -0.2) is 71.0 Å². The summed E-state index contributed by atoms with van der Waals surface area (Å²) in [5.41, 5.74) is 0.436. The van der Waals surface area contributed by atoms with Gasteiger partial charge in [-0.3, -0.25) is 9.69 Å². The Bertz CT molecular complexity index is 627. The van der Waals surface area contributed by atoms with Gasteiger partial charge in [0.2, 0.25) is 0 Å². The summed E-state index contributed by atoms with van der Waals surface area (Å²) in [6.07, 6.45) is 2.15. The van der Waals surface area contributed by atoms with Gasteiger partial charge in [-0.15, -0.1) is 0 Å². The Labute approximate surface area is 168 Å².